The van der Waals surface area contributed by atoms with Gasteiger partial charge < -0.3 is 10.3 Å². The van der Waals surface area contributed by atoms with Crippen molar-refractivity contribution in [3.8, 4) is 0 Å². The minimum Gasteiger partial charge on any atom is -0.352 e. The summed E-state index contributed by atoms with van der Waals surface area (Å²) < 4.78 is 22.8. The van der Waals surface area contributed by atoms with Crippen molar-refractivity contribution in [1.29, 1.82) is 0 Å². The molecule has 10 heteroatoms. The molecule has 4 rings (SSSR count). The molecule has 0 fully saturated rings. The molecule has 0 bridgehead atoms. The molecule has 0 radical (unpaired) electrons. The maximum absolute atomic E-state index is 12.5. The zero-order valence-corrected chi connectivity index (χ0v) is 18.1. The summed E-state index contributed by atoms with van der Waals surface area (Å²) in [7, 11) is -3.75. The lowest BCUT2D eigenvalue weighted by Crippen LogP contribution is -2.24. The first-order valence-corrected chi connectivity index (χ1v) is 12.0. The van der Waals surface area contributed by atoms with Crippen LogP contribution in [0.1, 0.15) is 40.2 Å². The van der Waals surface area contributed by atoms with Gasteiger partial charge in [0.05, 0.1) is 10.3 Å². The summed E-state index contributed by atoms with van der Waals surface area (Å²) in [5, 5.41) is 8.65. The summed E-state index contributed by atoms with van der Waals surface area (Å²) in [5.41, 5.74) is 2.54. The van der Waals surface area contributed by atoms with E-state index in [0.717, 1.165) is 40.8 Å². The van der Waals surface area contributed by atoms with Crippen LogP contribution >= 0.6 is 11.3 Å². The quantitative estimate of drug-likeness (QED) is 0.529. The highest BCUT2D eigenvalue weighted by molar-refractivity contribution is 7.89. The van der Waals surface area contributed by atoms with Gasteiger partial charge in [-0.05, 0) is 55.0 Å². The minimum absolute atomic E-state index is 0.0417. The predicted octanol–water partition coefficient (Wildman–Crippen LogP) is 1.68. The summed E-state index contributed by atoms with van der Waals surface area (Å²) in [4.78, 5) is 34.1. The van der Waals surface area contributed by atoms with Gasteiger partial charge in [0.1, 0.15) is 10.7 Å². The summed E-state index contributed by atoms with van der Waals surface area (Å²) in [6.07, 6.45) is 3.55. The number of hydrogen-bond acceptors (Lipinski definition) is 6. The fourth-order valence-corrected chi connectivity index (χ4v) is 5.60. The number of benzene rings is 1. The van der Waals surface area contributed by atoms with Crippen molar-refractivity contribution in [2.75, 3.05) is 0 Å². The van der Waals surface area contributed by atoms with Gasteiger partial charge in [0.15, 0.2) is 0 Å². The van der Waals surface area contributed by atoms with Gasteiger partial charge >= 0.3 is 0 Å². The van der Waals surface area contributed by atoms with Crippen molar-refractivity contribution in [2.24, 2.45) is 5.14 Å². The number of fused-ring (bicyclic) bond motifs is 3. The van der Waals surface area contributed by atoms with Crippen LogP contribution in [0.15, 0.2) is 27.9 Å². The number of nitrogens with zero attached hydrogens (tertiary/aromatic N) is 1. The topological polar surface area (TPSA) is 135 Å². The van der Waals surface area contributed by atoms with E-state index in [-0.39, 0.29) is 29.3 Å². The Morgan fingerprint density at radius 2 is 2.13 bits per heavy atom. The molecule has 0 spiro atoms. The first kappa shape index (κ1) is 20.7. The average Bonchev–Trinajstić information content (AvgIpc) is 3.25. The minimum atomic E-state index is -3.75. The van der Waals surface area contributed by atoms with Crippen LogP contribution in [0.3, 0.4) is 0 Å². The molecule has 158 valence electrons. The van der Waals surface area contributed by atoms with Crippen LogP contribution in [0.25, 0.3) is 10.2 Å². The molecule has 0 saturated heterocycles. The maximum Gasteiger partial charge on any atom is 0.259 e. The molecule has 1 aromatic carbocycles. The van der Waals surface area contributed by atoms with E-state index in [1.54, 1.807) is 24.3 Å². The predicted molar refractivity (Wildman–Crippen MR) is 115 cm³/mol. The largest absolute Gasteiger partial charge is 0.352 e. The number of rotatable bonds is 6. The molecule has 3 aromatic rings. The number of aryl methyl sites for hydroxylation is 4. The molecule has 0 saturated carbocycles. The van der Waals surface area contributed by atoms with Gasteiger partial charge in [-0.2, -0.15) is 0 Å². The Labute approximate surface area is 177 Å². The Balaban J connectivity index is 1.38. The zero-order chi connectivity index (χ0) is 21.5. The second-order valence-electron chi connectivity index (χ2n) is 7.46. The smallest absolute Gasteiger partial charge is 0.259 e. The Morgan fingerprint density at radius 1 is 1.33 bits per heavy atom. The van der Waals surface area contributed by atoms with E-state index in [1.807, 2.05) is 0 Å². The zero-order valence-electron chi connectivity index (χ0n) is 16.4. The summed E-state index contributed by atoms with van der Waals surface area (Å²) in [6.45, 7) is 2.04. The number of aromatic nitrogens is 2. The van der Waals surface area contributed by atoms with Crippen LogP contribution in [-0.4, -0.2) is 24.3 Å². The molecule has 4 N–H and O–H groups in total. The lowest BCUT2D eigenvalue weighted by Gasteiger charge is -2.09. The van der Waals surface area contributed by atoms with Crippen molar-refractivity contribution in [3.05, 3.63) is 55.9 Å². The third-order valence-corrected chi connectivity index (χ3v) is 7.43. The van der Waals surface area contributed by atoms with E-state index in [4.69, 9.17) is 5.14 Å². The molecule has 8 nitrogen and oxygen atoms in total. The van der Waals surface area contributed by atoms with Gasteiger partial charge in [-0.15, -0.1) is 11.3 Å². The highest BCUT2D eigenvalue weighted by Crippen LogP contribution is 2.34. The van der Waals surface area contributed by atoms with E-state index in [9.17, 15) is 18.0 Å². The monoisotopic (exact) mass is 446 g/mol. The standard InChI is InChI=1S/C20H22N4O4S2/c1-11-9-13(30(21,27)28)6-5-12(11)10-22-17(25)8-7-16-23-19(26)18-14-3-2-4-15(14)29-20(18)24-16/h5-6,9H,2-4,7-8,10H2,1H3,(H,22,25)(H2,21,27,28)(H,23,24,26). The number of nitrogens with two attached hydrogens (primary N) is 1. The van der Waals surface area contributed by atoms with Crippen molar-refractivity contribution < 1.29 is 13.2 Å². The Morgan fingerprint density at radius 3 is 2.87 bits per heavy atom. The normalized spacial score (nSPS) is 13.5. The molecule has 0 atom stereocenters. The number of hydrogen-bond donors (Lipinski definition) is 3. The molecule has 2 aromatic heterocycles. The number of H-pyrrole nitrogens is 1. The number of aromatic amines is 1. The van der Waals surface area contributed by atoms with Crippen molar-refractivity contribution in [2.45, 2.75) is 50.5 Å². The first-order valence-electron chi connectivity index (χ1n) is 9.65. The van der Waals surface area contributed by atoms with E-state index in [1.165, 1.54) is 17.0 Å². The second-order valence-corrected chi connectivity index (χ2v) is 10.1. The number of thiophene rings is 1. The van der Waals surface area contributed by atoms with Gasteiger partial charge in [0, 0.05) is 24.3 Å². The maximum atomic E-state index is 12.5. The molecule has 1 aliphatic carbocycles. The van der Waals surface area contributed by atoms with Crippen LogP contribution < -0.4 is 16.0 Å². The van der Waals surface area contributed by atoms with Crippen LogP contribution in [-0.2, 0) is 40.6 Å². The third kappa shape index (κ3) is 4.16. The fourth-order valence-electron chi connectivity index (χ4n) is 3.72. The number of amides is 1. The van der Waals surface area contributed by atoms with Gasteiger partial charge in [-0.3, -0.25) is 9.59 Å². The highest BCUT2D eigenvalue weighted by Gasteiger charge is 2.21. The fraction of sp³-hybridized carbons (Fsp3) is 0.350. The highest BCUT2D eigenvalue weighted by atomic mass is 32.2. The van der Waals surface area contributed by atoms with Gasteiger partial charge in [0.25, 0.3) is 5.56 Å². The number of carbonyl (C=O) groups excluding carboxylic acids is 1. The van der Waals surface area contributed by atoms with Crippen molar-refractivity contribution >= 4 is 37.5 Å². The lowest BCUT2D eigenvalue weighted by molar-refractivity contribution is -0.121. The number of nitrogens with one attached hydrogen (secondary N) is 2. The summed E-state index contributed by atoms with van der Waals surface area (Å²) in [6, 6.07) is 4.55. The number of carbonyl (C=O) groups is 1. The van der Waals surface area contributed by atoms with Crippen LogP contribution in [0.5, 0.6) is 0 Å². The Bertz CT molecular complexity index is 1310. The van der Waals surface area contributed by atoms with E-state index in [0.29, 0.717) is 17.6 Å². The molecule has 0 aliphatic heterocycles. The summed E-state index contributed by atoms with van der Waals surface area (Å²) >= 11 is 1.58. The van der Waals surface area contributed by atoms with Gasteiger partial charge in [0.2, 0.25) is 15.9 Å². The van der Waals surface area contributed by atoms with E-state index < -0.39 is 10.0 Å². The molecule has 1 aliphatic rings. The molecule has 0 unspecified atom stereocenters. The van der Waals surface area contributed by atoms with Crippen LogP contribution in [0.2, 0.25) is 0 Å². The second kappa shape index (κ2) is 7.93. The SMILES string of the molecule is Cc1cc(S(N)(=O)=O)ccc1CNC(=O)CCc1nc2sc3c(c2c(=O)[nH]1)CCC3. The molecule has 1 amide bonds. The number of primary sulfonamides is 1. The molecular weight excluding hydrogens is 424 g/mol. The van der Waals surface area contributed by atoms with Crippen molar-refractivity contribution in [3.63, 3.8) is 0 Å². The average molecular weight is 447 g/mol. The molecule has 30 heavy (non-hydrogen) atoms. The van der Waals surface area contributed by atoms with E-state index in [2.05, 4.69) is 15.3 Å². The van der Waals surface area contributed by atoms with Crippen LogP contribution in [0, 0.1) is 6.92 Å². The molecule has 2 heterocycles. The molecular formula is C20H22N4O4S2. The third-order valence-electron chi connectivity index (χ3n) is 5.33. The van der Waals surface area contributed by atoms with Crippen LogP contribution in [0.4, 0.5) is 0 Å². The Kier molecular flexibility index (Phi) is 5.48. The first-order chi connectivity index (χ1) is 14.2. The van der Waals surface area contributed by atoms with Gasteiger partial charge in [-0.1, -0.05) is 6.07 Å². The number of sulfonamides is 1. The van der Waals surface area contributed by atoms with Gasteiger partial charge in [-0.25, -0.2) is 18.5 Å². The van der Waals surface area contributed by atoms with E-state index >= 15 is 0 Å². The lowest BCUT2D eigenvalue weighted by atomic mass is 10.1. The Hall–Kier alpha value is -2.56. The summed E-state index contributed by atoms with van der Waals surface area (Å²) in [5.74, 6) is 0.331. The van der Waals surface area contributed by atoms with Crippen molar-refractivity contribution in [1.82, 2.24) is 15.3 Å².